The molecule has 0 fully saturated rings. The third kappa shape index (κ3) is 3.16. The lowest BCUT2D eigenvalue weighted by atomic mass is 10.2. The number of nitrogens with one attached hydrogen (secondary N) is 2. The standard InChI is InChI=1S/C18H15N5O3S2/c1-8-13-16(19-7-23(3)17(13)26)28-14(8)15(25)21-10-4-5-11-12(6-10)27-18(22-11)20-9(2)24/h4-7H,1-3H3,(H,21,25)(H,20,22,24). The summed E-state index contributed by atoms with van der Waals surface area (Å²) in [6.45, 7) is 3.18. The number of thiophene rings is 1. The molecule has 1 aromatic carbocycles. The predicted octanol–water partition coefficient (Wildman–Crippen LogP) is 3.12. The Morgan fingerprint density at radius 3 is 2.71 bits per heavy atom. The van der Waals surface area contributed by atoms with Gasteiger partial charge < -0.3 is 15.2 Å². The number of aromatic nitrogens is 3. The van der Waals surface area contributed by atoms with Crippen molar-refractivity contribution in [1.82, 2.24) is 14.5 Å². The lowest BCUT2D eigenvalue weighted by Gasteiger charge is -2.04. The first-order valence-corrected chi connectivity index (χ1v) is 9.91. The highest BCUT2D eigenvalue weighted by atomic mass is 32.1. The summed E-state index contributed by atoms with van der Waals surface area (Å²) < 4.78 is 2.24. The summed E-state index contributed by atoms with van der Waals surface area (Å²) >= 11 is 2.52. The summed E-state index contributed by atoms with van der Waals surface area (Å²) in [5.41, 5.74) is 1.79. The van der Waals surface area contributed by atoms with Crippen LogP contribution in [-0.2, 0) is 11.8 Å². The third-order valence-corrected chi connectivity index (χ3v) is 6.28. The molecule has 2 amide bonds. The molecule has 0 aliphatic rings. The highest BCUT2D eigenvalue weighted by Gasteiger charge is 2.19. The van der Waals surface area contributed by atoms with Crippen LogP contribution in [0.15, 0.2) is 29.3 Å². The number of hydrogen-bond donors (Lipinski definition) is 2. The Hall–Kier alpha value is -3.11. The van der Waals surface area contributed by atoms with Gasteiger partial charge in [0.2, 0.25) is 5.91 Å². The number of rotatable bonds is 3. The Labute approximate surface area is 166 Å². The maximum atomic E-state index is 12.8. The average molecular weight is 413 g/mol. The summed E-state index contributed by atoms with van der Waals surface area (Å²) in [5, 5.41) is 6.50. The van der Waals surface area contributed by atoms with Crippen LogP contribution in [0.5, 0.6) is 0 Å². The van der Waals surface area contributed by atoms with E-state index in [0.717, 1.165) is 10.2 Å². The van der Waals surface area contributed by atoms with Crippen molar-refractivity contribution in [2.75, 3.05) is 10.6 Å². The molecule has 0 spiro atoms. The van der Waals surface area contributed by atoms with E-state index in [2.05, 4.69) is 20.6 Å². The molecule has 3 aromatic heterocycles. The molecular weight excluding hydrogens is 398 g/mol. The number of carbonyl (C=O) groups excluding carboxylic acids is 2. The first-order valence-electron chi connectivity index (χ1n) is 8.27. The van der Waals surface area contributed by atoms with Crippen LogP contribution >= 0.6 is 22.7 Å². The Balaban J connectivity index is 1.66. The predicted molar refractivity (Wildman–Crippen MR) is 111 cm³/mol. The number of amides is 2. The van der Waals surface area contributed by atoms with Crippen molar-refractivity contribution in [3.05, 3.63) is 45.3 Å². The van der Waals surface area contributed by atoms with Crippen molar-refractivity contribution >= 4 is 65.7 Å². The minimum atomic E-state index is -0.298. The number of aryl methyl sites for hydroxylation is 2. The van der Waals surface area contributed by atoms with Gasteiger partial charge in [-0.15, -0.1) is 11.3 Å². The van der Waals surface area contributed by atoms with Crippen LogP contribution in [0, 0.1) is 6.92 Å². The van der Waals surface area contributed by atoms with Gasteiger partial charge in [-0.1, -0.05) is 11.3 Å². The fraction of sp³-hybridized carbons (Fsp3) is 0.167. The smallest absolute Gasteiger partial charge is 0.266 e. The van der Waals surface area contributed by atoms with Crippen LogP contribution in [0.25, 0.3) is 20.4 Å². The molecular formula is C18H15N5O3S2. The zero-order valence-electron chi connectivity index (χ0n) is 15.2. The molecule has 0 saturated heterocycles. The SMILES string of the molecule is CC(=O)Nc1nc2ccc(NC(=O)c3sc4ncn(C)c(=O)c4c3C)cc2s1. The number of fused-ring (bicyclic) bond motifs is 2. The van der Waals surface area contributed by atoms with Crippen molar-refractivity contribution < 1.29 is 9.59 Å². The third-order valence-electron chi connectivity index (χ3n) is 4.15. The fourth-order valence-corrected chi connectivity index (χ4v) is 4.81. The van der Waals surface area contributed by atoms with Crippen molar-refractivity contribution in [2.45, 2.75) is 13.8 Å². The van der Waals surface area contributed by atoms with Gasteiger partial charge in [-0.05, 0) is 30.7 Å². The maximum absolute atomic E-state index is 12.8. The first kappa shape index (κ1) is 18.3. The fourth-order valence-electron chi connectivity index (χ4n) is 2.82. The molecule has 8 nitrogen and oxygen atoms in total. The molecule has 10 heteroatoms. The summed E-state index contributed by atoms with van der Waals surface area (Å²) in [4.78, 5) is 45.9. The topological polar surface area (TPSA) is 106 Å². The minimum absolute atomic E-state index is 0.172. The van der Waals surface area contributed by atoms with Crippen molar-refractivity contribution in [2.24, 2.45) is 7.05 Å². The average Bonchev–Trinajstić information content (AvgIpc) is 3.18. The molecule has 28 heavy (non-hydrogen) atoms. The van der Waals surface area contributed by atoms with Crippen LogP contribution in [0.1, 0.15) is 22.2 Å². The van der Waals surface area contributed by atoms with Crippen molar-refractivity contribution in [1.29, 1.82) is 0 Å². The Morgan fingerprint density at radius 2 is 1.96 bits per heavy atom. The summed E-state index contributed by atoms with van der Waals surface area (Å²) in [6.07, 6.45) is 1.45. The van der Waals surface area contributed by atoms with E-state index in [1.54, 1.807) is 32.2 Å². The van der Waals surface area contributed by atoms with E-state index < -0.39 is 0 Å². The number of carbonyl (C=O) groups is 2. The molecule has 4 rings (SSSR count). The number of nitrogens with zero attached hydrogens (tertiary/aromatic N) is 3. The molecule has 0 atom stereocenters. The van der Waals surface area contributed by atoms with Crippen LogP contribution in [0.3, 0.4) is 0 Å². The molecule has 0 unspecified atom stereocenters. The zero-order valence-corrected chi connectivity index (χ0v) is 16.8. The number of benzene rings is 1. The van der Waals surface area contributed by atoms with E-state index in [4.69, 9.17) is 0 Å². The van der Waals surface area contributed by atoms with E-state index in [1.165, 1.54) is 40.5 Å². The Bertz CT molecular complexity index is 1320. The van der Waals surface area contributed by atoms with E-state index in [1.807, 2.05) is 0 Å². The van der Waals surface area contributed by atoms with Crippen molar-refractivity contribution in [3.8, 4) is 0 Å². The molecule has 0 aliphatic heterocycles. The molecule has 0 bridgehead atoms. The second-order valence-corrected chi connectivity index (χ2v) is 8.26. The van der Waals surface area contributed by atoms with E-state index in [0.29, 0.717) is 31.5 Å². The maximum Gasteiger partial charge on any atom is 0.266 e. The lowest BCUT2D eigenvalue weighted by molar-refractivity contribution is -0.114. The van der Waals surface area contributed by atoms with Gasteiger partial charge in [0.05, 0.1) is 26.8 Å². The second kappa shape index (κ2) is 6.80. The summed E-state index contributed by atoms with van der Waals surface area (Å²) in [5.74, 6) is -0.485. The number of hydrogen-bond acceptors (Lipinski definition) is 7. The minimum Gasteiger partial charge on any atom is -0.321 e. The van der Waals surface area contributed by atoms with Crippen LogP contribution in [0.4, 0.5) is 10.8 Å². The van der Waals surface area contributed by atoms with Gasteiger partial charge >= 0.3 is 0 Å². The van der Waals surface area contributed by atoms with Crippen molar-refractivity contribution in [3.63, 3.8) is 0 Å². The molecule has 4 aromatic rings. The molecule has 3 heterocycles. The largest absolute Gasteiger partial charge is 0.321 e. The van der Waals surface area contributed by atoms with Gasteiger partial charge in [-0.3, -0.25) is 14.4 Å². The Morgan fingerprint density at radius 1 is 1.18 bits per heavy atom. The van der Waals surface area contributed by atoms with E-state index in [-0.39, 0.29) is 17.4 Å². The van der Waals surface area contributed by atoms with Crippen LogP contribution in [-0.4, -0.2) is 26.3 Å². The number of thiazole rings is 1. The van der Waals surface area contributed by atoms with Gasteiger partial charge in [0.1, 0.15) is 4.83 Å². The highest BCUT2D eigenvalue weighted by molar-refractivity contribution is 7.22. The first-order chi connectivity index (χ1) is 13.3. The molecule has 2 N–H and O–H groups in total. The lowest BCUT2D eigenvalue weighted by Crippen LogP contribution is -2.17. The van der Waals surface area contributed by atoms with Gasteiger partial charge in [0.15, 0.2) is 5.13 Å². The Kier molecular flexibility index (Phi) is 4.44. The zero-order chi connectivity index (χ0) is 20.0. The van der Waals surface area contributed by atoms with Gasteiger partial charge in [-0.25, -0.2) is 9.97 Å². The van der Waals surface area contributed by atoms with Gasteiger partial charge in [-0.2, -0.15) is 0 Å². The van der Waals surface area contributed by atoms with E-state index >= 15 is 0 Å². The van der Waals surface area contributed by atoms with Crippen LogP contribution in [0.2, 0.25) is 0 Å². The number of anilines is 2. The van der Waals surface area contributed by atoms with E-state index in [9.17, 15) is 14.4 Å². The molecule has 0 aliphatic carbocycles. The van der Waals surface area contributed by atoms with Crippen LogP contribution < -0.4 is 16.2 Å². The summed E-state index contributed by atoms with van der Waals surface area (Å²) in [6, 6.07) is 5.33. The van der Waals surface area contributed by atoms with Gasteiger partial charge in [0.25, 0.3) is 11.5 Å². The quantitative estimate of drug-likeness (QED) is 0.537. The van der Waals surface area contributed by atoms with Gasteiger partial charge in [0, 0.05) is 19.7 Å². The highest BCUT2D eigenvalue weighted by Crippen LogP contribution is 2.30. The molecule has 0 radical (unpaired) electrons. The molecule has 0 saturated carbocycles. The second-order valence-electron chi connectivity index (χ2n) is 6.23. The molecule has 142 valence electrons. The normalized spacial score (nSPS) is 11.1. The monoisotopic (exact) mass is 413 g/mol. The summed E-state index contributed by atoms with van der Waals surface area (Å²) in [7, 11) is 1.63.